The third-order valence-electron chi connectivity index (χ3n) is 1.87. The van der Waals surface area contributed by atoms with Gasteiger partial charge in [-0.05, 0) is 17.4 Å². The Labute approximate surface area is 85.8 Å². The van der Waals surface area contributed by atoms with E-state index in [1.165, 1.54) is 0 Å². The second-order valence-corrected chi connectivity index (χ2v) is 3.93. The van der Waals surface area contributed by atoms with Crippen molar-refractivity contribution in [2.75, 3.05) is 0 Å². The van der Waals surface area contributed by atoms with Crippen LogP contribution in [0.4, 0.5) is 0 Å². The Morgan fingerprint density at radius 3 is 3.00 bits per heavy atom. The third kappa shape index (κ3) is 1.79. The van der Waals surface area contributed by atoms with Crippen LogP contribution in [0.5, 0.6) is 0 Å². The Morgan fingerprint density at radius 1 is 1.50 bits per heavy atom. The average Bonchev–Trinajstić information content (AvgIpc) is 2.76. The van der Waals surface area contributed by atoms with E-state index in [9.17, 15) is 0 Å². The summed E-state index contributed by atoms with van der Waals surface area (Å²) >= 11 is 1.64. The molecule has 74 valence electrons. The van der Waals surface area contributed by atoms with E-state index in [4.69, 9.17) is 0 Å². The number of thiazole rings is 1. The first-order valence-electron chi connectivity index (χ1n) is 4.45. The molecule has 0 saturated carbocycles. The first kappa shape index (κ1) is 9.26. The third-order valence-corrected chi connectivity index (χ3v) is 2.83. The molecule has 5 nitrogen and oxygen atoms in total. The summed E-state index contributed by atoms with van der Waals surface area (Å²) in [5, 5.41) is 14.5. The first-order chi connectivity index (χ1) is 6.79. The largest absolute Gasteiger partial charge is 0.245 e. The van der Waals surface area contributed by atoms with Gasteiger partial charge in [0, 0.05) is 17.5 Å². The van der Waals surface area contributed by atoms with Crippen molar-refractivity contribution in [2.45, 2.75) is 26.8 Å². The second-order valence-electron chi connectivity index (χ2n) is 2.99. The van der Waals surface area contributed by atoms with Crippen LogP contribution in [0, 0.1) is 6.92 Å². The van der Waals surface area contributed by atoms with Gasteiger partial charge < -0.3 is 0 Å². The van der Waals surface area contributed by atoms with Crippen molar-refractivity contribution in [1.82, 2.24) is 25.2 Å². The van der Waals surface area contributed by atoms with Gasteiger partial charge in [-0.25, -0.2) is 9.67 Å². The molecule has 0 spiro atoms. The zero-order valence-corrected chi connectivity index (χ0v) is 8.95. The van der Waals surface area contributed by atoms with Crippen molar-refractivity contribution in [3.8, 4) is 0 Å². The Bertz CT molecular complexity index is 419. The molecule has 2 rings (SSSR count). The first-order valence-corrected chi connectivity index (χ1v) is 5.33. The van der Waals surface area contributed by atoms with Crippen LogP contribution in [0.15, 0.2) is 5.38 Å². The molecular formula is C8H11N5S. The van der Waals surface area contributed by atoms with Crippen LogP contribution in [-0.2, 0) is 13.0 Å². The van der Waals surface area contributed by atoms with Crippen molar-refractivity contribution >= 4 is 11.3 Å². The average molecular weight is 209 g/mol. The second kappa shape index (κ2) is 3.83. The van der Waals surface area contributed by atoms with E-state index in [1.807, 2.05) is 19.2 Å². The maximum absolute atomic E-state index is 4.36. The Balaban J connectivity index is 2.18. The molecule has 2 aromatic heterocycles. The van der Waals surface area contributed by atoms with Crippen molar-refractivity contribution in [1.29, 1.82) is 0 Å². The molecule has 2 aromatic rings. The lowest BCUT2D eigenvalue weighted by atomic mass is 10.4. The summed E-state index contributed by atoms with van der Waals surface area (Å²) in [5.74, 6) is 0.901. The topological polar surface area (TPSA) is 56.5 Å². The fourth-order valence-electron chi connectivity index (χ4n) is 1.20. The Hall–Kier alpha value is -1.30. The van der Waals surface area contributed by atoms with E-state index < -0.39 is 0 Å². The minimum Gasteiger partial charge on any atom is -0.245 e. The van der Waals surface area contributed by atoms with Crippen LogP contribution in [0.1, 0.15) is 23.4 Å². The van der Waals surface area contributed by atoms with Gasteiger partial charge in [-0.3, -0.25) is 0 Å². The molecular weight excluding hydrogens is 198 g/mol. The van der Waals surface area contributed by atoms with Gasteiger partial charge in [-0.1, -0.05) is 6.92 Å². The number of aryl methyl sites for hydroxylation is 2. The van der Waals surface area contributed by atoms with Gasteiger partial charge in [0.1, 0.15) is 5.01 Å². The highest BCUT2D eigenvalue weighted by Crippen LogP contribution is 2.10. The molecule has 0 amide bonds. The van der Waals surface area contributed by atoms with Crippen LogP contribution in [0.3, 0.4) is 0 Å². The smallest absolute Gasteiger partial charge is 0.151 e. The number of hydrogen-bond donors (Lipinski definition) is 0. The van der Waals surface area contributed by atoms with Crippen LogP contribution < -0.4 is 0 Å². The highest BCUT2D eigenvalue weighted by atomic mass is 32.1. The van der Waals surface area contributed by atoms with E-state index in [2.05, 4.69) is 20.5 Å². The fourth-order valence-corrected chi connectivity index (χ4v) is 1.96. The number of tetrazole rings is 1. The molecule has 0 atom stereocenters. The standard InChI is InChI=1S/C8H11N5S/c1-3-7-10-11-12-13(7)4-8-9-6(2)5-14-8/h5H,3-4H2,1-2H3. The van der Waals surface area contributed by atoms with Gasteiger partial charge in [-0.15, -0.1) is 16.4 Å². The minimum atomic E-state index is 0.675. The van der Waals surface area contributed by atoms with Crippen molar-refractivity contribution in [3.05, 3.63) is 21.9 Å². The molecule has 2 heterocycles. The lowest BCUT2D eigenvalue weighted by Crippen LogP contribution is -2.06. The summed E-state index contributed by atoms with van der Waals surface area (Å²) in [6.07, 6.45) is 0.845. The maximum Gasteiger partial charge on any atom is 0.151 e. The molecule has 0 radical (unpaired) electrons. The van der Waals surface area contributed by atoms with Gasteiger partial charge in [0.2, 0.25) is 0 Å². The van der Waals surface area contributed by atoms with E-state index in [-0.39, 0.29) is 0 Å². The van der Waals surface area contributed by atoms with Gasteiger partial charge in [0.25, 0.3) is 0 Å². The summed E-state index contributed by atoms with van der Waals surface area (Å²) in [5.41, 5.74) is 1.05. The van der Waals surface area contributed by atoms with E-state index in [0.717, 1.165) is 22.9 Å². The summed E-state index contributed by atoms with van der Waals surface area (Å²) < 4.78 is 1.79. The highest BCUT2D eigenvalue weighted by molar-refractivity contribution is 7.09. The monoisotopic (exact) mass is 209 g/mol. The molecule has 0 saturated heterocycles. The summed E-state index contributed by atoms with van der Waals surface area (Å²) in [7, 11) is 0. The Kier molecular flexibility index (Phi) is 2.53. The van der Waals surface area contributed by atoms with Crippen LogP contribution in [-0.4, -0.2) is 25.2 Å². The molecule has 0 unspecified atom stereocenters. The molecule has 0 aromatic carbocycles. The molecule has 0 aliphatic heterocycles. The van der Waals surface area contributed by atoms with Crippen molar-refractivity contribution in [2.24, 2.45) is 0 Å². The Morgan fingerprint density at radius 2 is 2.36 bits per heavy atom. The molecule has 0 aliphatic rings. The quantitative estimate of drug-likeness (QED) is 0.758. The van der Waals surface area contributed by atoms with Crippen LogP contribution in [0.25, 0.3) is 0 Å². The minimum absolute atomic E-state index is 0.675. The van der Waals surface area contributed by atoms with Crippen molar-refractivity contribution < 1.29 is 0 Å². The highest BCUT2D eigenvalue weighted by Gasteiger charge is 2.06. The predicted octanol–water partition coefficient (Wildman–Crippen LogP) is 1.05. The maximum atomic E-state index is 4.36. The van der Waals surface area contributed by atoms with Gasteiger partial charge in [0.05, 0.1) is 6.54 Å². The number of rotatable bonds is 3. The van der Waals surface area contributed by atoms with Gasteiger partial charge in [0.15, 0.2) is 5.82 Å². The van der Waals surface area contributed by atoms with Crippen molar-refractivity contribution in [3.63, 3.8) is 0 Å². The predicted molar refractivity (Wildman–Crippen MR) is 53.1 cm³/mol. The van der Waals surface area contributed by atoms with E-state index >= 15 is 0 Å². The van der Waals surface area contributed by atoms with Crippen LogP contribution >= 0.6 is 11.3 Å². The zero-order valence-electron chi connectivity index (χ0n) is 8.14. The van der Waals surface area contributed by atoms with Gasteiger partial charge >= 0.3 is 0 Å². The number of nitrogens with zero attached hydrogens (tertiary/aromatic N) is 5. The fraction of sp³-hybridized carbons (Fsp3) is 0.500. The molecule has 6 heteroatoms. The van der Waals surface area contributed by atoms with Crippen LogP contribution in [0.2, 0.25) is 0 Å². The normalized spacial score (nSPS) is 10.7. The number of aromatic nitrogens is 5. The lowest BCUT2D eigenvalue weighted by Gasteiger charge is -1.98. The van der Waals surface area contributed by atoms with Gasteiger partial charge in [-0.2, -0.15) is 0 Å². The molecule has 14 heavy (non-hydrogen) atoms. The molecule has 0 N–H and O–H groups in total. The molecule has 0 bridgehead atoms. The zero-order chi connectivity index (χ0) is 9.97. The summed E-state index contributed by atoms with van der Waals surface area (Å²) in [4.78, 5) is 4.36. The molecule has 0 aliphatic carbocycles. The SMILES string of the molecule is CCc1nnnn1Cc1nc(C)cs1. The van der Waals surface area contributed by atoms with E-state index in [1.54, 1.807) is 16.0 Å². The summed E-state index contributed by atoms with van der Waals surface area (Å²) in [6, 6.07) is 0. The number of hydrogen-bond acceptors (Lipinski definition) is 5. The van der Waals surface area contributed by atoms with E-state index in [0.29, 0.717) is 6.54 Å². The lowest BCUT2D eigenvalue weighted by molar-refractivity contribution is 0.619. The molecule has 0 fully saturated rings. The summed E-state index contributed by atoms with van der Waals surface area (Å²) in [6.45, 7) is 4.70.